The molecule has 1 fully saturated rings. The molecule has 23 heavy (non-hydrogen) atoms. The zero-order valence-electron chi connectivity index (χ0n) is 12.5. The molecular formula is C16H18N2O5. The van der Waals surface area contributed by atoms with Crippen LogP contribution in [0.4, 0.5) is 5.69 Å². The number of furan rings is 1. The minimum atomic E-state index is -0.419. The van der Waals surface area contributed by atoms with E-state index in [4.69, 9.17) is 9.15 Å². The van der Waals surface area contributed by atoms with E-state index >= 15 is 0 Å². The summed E-state index contributed by atoms with van der Waals surface area (Å²) in [6.45, 7) is 2.30. The van der Waals surface area contributed by atoms with E-state index in [2.05, 4.69) is 5.32 Å². The van der Waals surface area contributed by atoms with Crippen molar-refractivity contribution in [2.24, 2.45) is 5.41 Å². The molecule has 2 heterocycles. The van der Waals surface area contributed by atoms with Crippen molar-refractivity contribution in [3.63, 3.8) is 0 Å². The van der Waals surface area contributed by atoms with Crippen LogP contribution in [0.3, 0.4) is 0 Å². The minimum Gasteiger partial charge on any atom is -0.459 e. The van der Waals surface area contributed by atoms with Crippen LogP contribution in [0.5, 0.6) is 0 Å². The Labute approximate surface area is 133 Å². The van der Waals surface area contributed by atoms with Gasteiger partial charge in [-0.15, -0.1) is 0 Å². The number of para-hydroxylation sites is 1. The van der Waals surface area contributed by atoms with Crippen molar-refractivity contribution in [2.45, 2.75) is 6.54 Å². The molecule has 1 aliphatic heterocycles. The number of nitrogens with one attached hydrogen (secondary N) is 1. The van der Waals surface area contributed by atoms with Crippen LogP contribution in [-0.4, -0.2) is 36.4 Å². The van der Waals surface area contributed by atoms with Gasteiger partial charge in [-0.05, 0) is 18.2 Å². The third-order valence-corrected chi connectivity index (χ3v) is 3.98. The molecule has 0 aliphatic carbocycles. The largest absolute Gasteiger partial charge is 0.459 e. The molecule has 122 valence electrons. The second-order valence-electron chi connectivity index (χ2n) is 5.79. The van der Waals surface area contributed by atoms with Gasteiger partial charge in [0.25, 0.3) is 5.69 Å². The summed E-state index contributed by atoms with van der Waals surface area (Å²) in [5, 5.41) is 23.7. The number of hydrogen-bond acceptors (Lipinski definition) is 6. The number of benzene rings is 1. The molecule has 1 aromatic heterocycles. The summed E-state index contributed by atoms with van der Waals surface area (Å²) in [7, 11) is 0. The lowest BCUT2D eigenvalue weighted by Gasteiger charge is -2.39. The van der Waals surface area contributed by atoms with Crippen LogP contribution in [0, 0.1) is 15.5 Å². The average Bonchev–Trinajstić information content (AvgIpc) is 2.98. The standard InChI is InChI=1S/C16H18N2O5/c19-9-16(10-22-11-16)8-17-7-12-5-6-15(23-12)13-3-1-2-4-14(13)18(20)21/h1-6,17,19H,7-11H2. The van der Waals surface area contributed by atoms with Gasteiger partial charge in [0.15, 0.2) is 0 Å². The predicted octanol–water partition coefficient (Wildman–Crippen LogP) is 1.95. The van der Waals surface area contributed by atoms with Crippen molar-refractivity contribution in [1.29, 1.82) is 0 Å². The molecule has 0 unspecified atom stereocenters. The highest BCUT2D eigenvalue weighted by molar-refractivity contribution is 5.69. The number of aliphatic hydroxyl groups excluding tert-OH is 1. The van der Waals surface area contributed by atoms with Gasteiger partial charge in [0.2, 0.25) is 0 Å². The zero-order chi connectivity index (χ0) is 16.3. The fourth-order valence-electron chi connectivity index (χ4n) is 2.55. The Morgan fingerprint density at radius 2 is 2.04 bits per heavy atom. The molecule has 1 aliphatic rings. The summed E-state index contributed by atoms with van der Waals surface area (Å²) in [5.41, 5.74) is 0.281. The lowest BCUT2D eigenvalue weighted by atomic mass is 9.87. The van der Waals surface area contributed by atoms with E-state index < -0.39 is 4.92 Å². The zero-order valence-corrected chi connectivity index (χ0v) is 12.5. The third kappa shape index (κ3) is 3.26. The van der Waals surface area contributed by atoms with Crippen molar-refractivity contribution in [2.75, 3.05) is 26.4 Å². The maximum Gasteiger partial charge on any atom is 0.280 e. The molecule has 7 heteroatoms. The van der Waals surface area contributed by atoms with Gasteiger partial charge < -0.3 is 19.6 Å². The highest BCUT2D eigenvalue weighted by Crippen LogP contribution is 2.31. The molecule has 0 atom stereocenters. The molecule has 0 amide bonds. The normalized spacial score (nSPS) is 16.0. The predicted molar refractivity (Wildman–Crippen MR) is 82.8 cm³/mol. The third-order valence-electron chi connectivity index (χ3n) is 3.98. The molecule has 1 aromatic carbocycles. The Balaban J connectivity index is 1.66. The molecule has 2 N–H and O–H groups in total. The van der Waals surface area contributed by atoms with E-state index in [1.165, 1.54) is 6.07 Å². The highest BCUT2D eigenvalue weighted by Gasteiger charge is 2.37. The van der Waals surface area contributed by atoms with Crippen LogP contribution in [-0.2, 0) is 11.3 Å². The topological polar surface area (TPSA) is 97.8 Å². The minimum absolute atomic E-state index is 0.0206. The van der Waals surface area contributed by atoms with Gasteiger partial charge in [-0.3, -0.25) is 10.1 Å². The van der Waals surface area contributed by atoms with Crippen LogP contribution in [0.1, 0.15) is 5.76 Å². The van der Waals surface area contributed by atoms with E-state index in [0.717, 1.165) is 0 Å². The van der Waals surface area contributed by atoms with Crippen molar-refractivity contribution < 1.29 is 19.2 Å². The van der Waals surface area contributed by atoms with Crippen LogP contribution in [0.25, 0.3) is 11.3 Å². The summed E-state index contributed by atoms with van der Waals surface area (Å²) < 4.78 is 10.8. The monoisotopic (exact) mass is 318 g/mol. The number of nitrogens with zero attached hydrogens (tertiary/aromatic N) is 1. The van der Waals surface area contributed by atoms with E-state index in [9.17, 15) is 15.2 Å². The quantitative estimate of drug-likeness (QED) is 0.598. The Kier molecular flexibility index (Phi) is 4.42. The van der Waals surface area contributed by atoms with Gasteiger partial charge >= 0.3 is 0 Å². The molecule has 0 radical (unpaired) electrons. The van der Waals surface area contributed by atoms with Gasteiger partial charge in [-0.1, -0.05) is 12.1 Å². The summed E-state index contributed by atoms with van der Waals surface area (Å²) in [6, 6.07) is 10.0. The maximum atomic E-state index is 11.1. The van der Waals surface area contributed by atoms with Gasteiger partial charge in [0, 0.05) is 12.6 Å². The molecule has 7 nitrogen and oxygen atoms in total. The molecular weight excluding hydrogens is 300 g/mol. The average molecular weight is 318 g/mol. The Hall–Kier alpha value is -2.22. The molecule has 0 spiro atoms. The number of rotatable bonds is 7. The van der Waals surface area contributed by atoms with Crippen LogP contribution >= 0.6 is 0 Å². The van der Waals surface area contributed by atoms with Crippen molar-refractivity contribution in [1.82, 2.24) is 5.32 Å². The first-order chi connectivity index (χ1) is 11.1. The second-order valence-corrected chi connectivity index (χ2v) is 5.79. The van der Waals surface area contributed by atoms with Gasteiger partial charge in [0.1, 0.15) is 11.5 Å². The van der Waals surface area contributed by atoms with Crippen molar-refractivity contribution in [3.8, 4) is 11.3 Å². The first-order valence-corrected chi connectivity index (χ1v) is 7.35. The number of nitro benzene ring substituents is 1. The molecule has 0 bridgehead atoms. The number of hydrogen-bond donors (Lipinski definition) is 2. The van der Waals surface area contributed by atoms with Crippen LogP contribution in [0.15, 0.2) is 40.8 Å². The summed E-state index contributed by atoms with van der Waals surface area (Å²) in [4.78, 5) is 10.7. The SMILES string of the molecule is O=[N+]([O-])c1ccccc1-c1ccc(CNCC2(CO)COC2)o1. The Bertz CT molecular complexity index is 688. The summed E-state index contributed by atoms with van der Waals surface area (Å²) in [5.74, 6) is 1.16. The fraction of sp³-hybridized carbons (Fsp3) is 0.375. The van der Waals surface area contributed by atoms with E-state index in [1.807, 2.05) is 0 Å². The van der Waals surface area contributed by atoms with E-state index in [0.29, 0.717) is 43.4 Å². The Morgan fingerprint density at radius 3 is 2.70 bits per heavy atom. The molecule has 2 aromatic rings. The smallest absolute Gasteiger partial charge is 0.280 e. The van der Waals surface area contributed by atoms with E-state index in [-0.39, 0.29) is 17.7 Å². The summed E-state index contributed by atoms with van der Waals surface area (Å²) >= 11 is 0. The lowest BCUT2D eigenvalue weighted by Crippen LogP contribution is -2.52. The summed E-state index contributed by atoms with van der Waals surface area (Å²) in [6.07, 6.45) is 0. The first-order valence-electron chi connectivity index (χ1n) is 7.35. The van der Waals surface area contributed by atoms with Crippen molar-refractivity contribution in [3.05, 3.63) is 52.3 Å². The Morgan fingerprint density at radius 1 is 1.26 bits per heavy atom. The van der Waals surface area contributed by atoms with Gasteiger partial charge in [-0.25, -0.2) is 0 Å². The number of ether oxygens (including phenoxy) is 1. The van der Waals surface area contributed by atoms with Crippen LogP contribution in [0.2, 0.25) is 0 Å². The number of aliphatic hydroxyl groups is 1. The maximum absolute atomic E-state index is 11.1. The van der Waals surface area contributed by atoms with Gasteiger partial charge in [-0.2, -0.15) is 0 Å². The first kappa shape index (κ1) is 15.7. The van der Waals surface area contributed by atoms with E-state index in [1.54, 1.807) is 30.3 Å². The second kappa shape index (κ2) is 6.49. The van der Waals surface area contributed by atoms with Crippen LogP contribution < -0.4 is 5.32 Å². The van der Waals surface area contributed by atoms with Crippen molar-refractivity contribution >= 4 is 5.69 Å². The fourth-order valence-corrected chi connectivity index (χ4v) is 2.55. The molecule has 1 saturated heterocycles. The molecule has 0 saturated carbocycles. The lowest BCUT2D eigenvalue weighted by molar-refractivity contribution is -0.384. The van der Waals surface area contributed by atoms with Gasteiger partial charge in [0.05, 0.1) is 42.3 Å². The number of nitro groups is 1. The highest BCUT2D eigenvalue weighted by atomic mass is 16.6. The molecule has 3 rings (SSSR count).